The Morgan fingerprint density at radius 2 is 2.47 bits per heavy atom. The van der Waals surface area contributed by atoms with Crippen LogP contribution in [0.5, 0.6) is 0 Å². The molecule has 3 nitrogen and oxygen atoms in total. The predicted molar refractivity (Wildman–Crippen MR) is 61.9 cm³/mol. The van der Waals surface area contributed by atoms with Crippen molar-refractivity contribution in [2.45, 2.75) is 39.2 Å². The molecule has 15 heavy (non-hydrogen) atoms. The quantitative estimate of drug-likeness (QED) is 0.821. The van der Waals surface area contributed by atoms with E-state index in [0.29, 0.717) is 11.8 Å². The molecular weight excluding hydrogens is 186 g/mol. The van der Waals surface area contributed by atoms with Gasteiger partial charge in [0.1, 0.15) is 0 Å². The van der Waals surface area contributed by atoms with Crippen molar-refractivity contribution in [3.05, 3.63) is 18.0 Å². The molecule has 1 N–H and O–H groups in total. The van der Waals surface area contributed by atoms with Crippen LogP contribution in [0.4, 0.5) is 0 Å². The Bertz CT molecular complexity index is 298. The fourth-order valence-corrected chi connectivity index (χ4v) is 2.18. The van der Waals surface area contributed by atoms with Crippen LogP contribution in [0, 0.1) is 5.92 Å². The van der Waals surface area contributed by atoms with Crippen molar-refractivity contribution in [2.75, 3.05) is 13.1 Å². The van der Waals surface area contributed by atoms with Crippen LogP contribution in [0.3, 0.4) is 0 Å². The SMILES string of the molecule is CC(C)Cn1ccc(C2CCCNC2)n1. The standard InChI is InChI=1S/C12H21N3/c1-10(2)9-15-7-5-12(14-15)11-4-3-6-13-8-11/h5,7,10-11,13H,3-4,6,8-9H2,1-2H3. The third kappa shape index (κ3) is 2.81. The van der Waals surface area contributed by atoms with Crippen molar-refractivity contribution in [3.63, 3.8) is 0 Å². The lowest BCUT2D eigenvalue weighted by molar-refractivity contribution is 0.437. The summed E-state index contributed by atoms with van der Waals surface area (Å²) in [5.74, 6) is 1.30. The normalized spacial score (nSPS) is 22.2. The number of nitrogens with one attached hydrogen (secondary N) is 1. The fraction of sp³-hybridized carbons (Fsp3) is 0.750. The minimum Gasteiger partial charge on any atom is -0.316 e. The molecule has 1 aliphatic heterocycles. The zero-order chi connectivity index (χ0) is 10.7. The summed E-state index contributed by atoms with van der Waals surface area (Å²) in [6.45, 7) is 7.75. The summed E-state index contributed by atoms with van der Waals surface area (Å²) in [7, 11) is 0. The van der Waals surface area contributed by atoms with Crippen molar-refractivity contribution in [3.8, 4) is 0 Å². The van der Waals surface area contributed by atoms with Gasteiger partial charge in [-0.25, -0.2) is 0 Å². The van der Waals surface area contributed by atoms with Gasteiger partial charge in [0.2, 0.25) is 0 Å². The van der Waals surface area contributed by atoms with E-state index < -0.39 is 0 Å². The van der Waals surface area contributed by atoms with E-state index in [4.69, 9.17) is 0 Å². The van der Waals surface area contributed by atoms with E-state index in [2.05, 4.69) is 41.2 Å². The van der Waals surface area contributed by atoms with Gasteiger partial charge in [0.05, 0.1) is 5.69 Å². The van der Waals surface area contributed by atoms with E-state index in [1.54, 1.807) is 0 Å². The highest BCUT2D eigenvalue weighted by molar-refractivity contribution is 5.08. The van der Waals surface area contributed by atoms with E-state index >= 15 is 0 Å². The van der Waals surface area contributed by atoms with Gasteiger partial charge in [0, 0.05) is 25.2 Å². The van der Waals surface area contributed by atoms with Gasteiger partial charge in [-0.2, -0.15) is 5.10 Å². The molecular formula is C12H21N3. The Labute approximate surface area is 91.9 Å². The zero-order valence-electron chi connectivity index (χ0n) is 9.74. The van der Waals surface area contributed by atoms with Gasteiger partial charge < -0.3 is 5.32 Å². The summed E-state index contributed by atoms with van der Waals surface area (Å²) in [6.07, 6.45) is 4.68. The molecule has 0 bridgehead atoms. The highest BCUT2D eigenvalue weighted by Crippen LogP contribution is 2.21. The molecule has 0 radical (unpaired) electrons. The van der Waals surface area contributed by atoms with Crippen LogP contribution in [0.2, 0.25) is 0 Å². The molecule has 1 aromatic heterocycles. The molecule has 0 aliphatic carbocycles. The average molecular weight is 207 g/mol. The third-order valence-electron chi connectivity index (χ3n) is 2.93. The van der Waals surface area contributed by atoms with Gasteiger partial charge in [-0.3, -0.25) is 4.68 Å². The Kier molecular flexibility index (Phi) is 3.41. The van der Waals surface area contributed by atoms with Gasteiger partial charge in [-0.15, -0.1) is 0 Å². The minimum atomic E-state index is 0.632. The zero-order valence-corrected chi connectivity index (χ0v) is 9.74. The van der Waals surface area contributed by atoms with E-state index in [0.717, 1.165) is 13.1 Å². The second-order valence-corrected chi connectivity index (χ2v) is 4.90. The first-order chi connectivity index (χ1) is 7.25. The molecule has 1 aliphatic rings. The Hall–Kier alpha value is -0.830. The maximum atomic E-state index is 4.65. The molecule has 1 fully saturated rings. The lowest BCUT2D eigenvalue weighted by Crippen LogP contribution is -2.28. The van der Waals surface area contributed by atoms with Gasteiger partial charge in [-0.1, -0.05) is 13.8 Å². The molecule has 1 aromatic rings. The van der Waals surface area contributed by atoms with Crippen LogP contribution >= 0.6 is 0 Å². The molecule has 0 aromatic carbocycles. The van der Waals surface area contributed by atoms with E-state index in [-0.39, 0.29) is 0 Å². The van der Waals surface area contributed by atoms with Crippen molar-refractivity contribution in [1.29, 1.82) is 0 Å². The minimum absolute atomic E-state index is 0.632. The Morgan fingerprint density at radius 3 is 3.13 bits per heavy atom. The molecule has 2 rings (SSSR count). The van der Waals surface area contributed by atoms with Gasteiger partial charge >= 0.3 is 0 Å². The van der Waals surface area contributed by atoms with Crippen LogP contribution in [0.1, 0.15) is 38.3 Å². The van der Waals surface area contributed by atoms with E-state index in [1.807, 2.05) is 0 Å². The highest BCUT2D eigenvalue weighted by Gasteiger charge is 2.17. The molecule has 0 spiro atoms. The lowest BCUT2D eigenvalue weighted by atomic mass is 9.97. The van der Waals surface area contributed by atoms with Gasteiger partial charge in [-0.05, 0) is 31.4 Å². The molecule has 1 saturated heterocycles. The number of piperidine rings is 1. The fourth-order valence-electron chi connectivity index (χ4n) is 2.18. The number of hydrogen-bond acceptors (Lipinski definition) is 2. The smallest absolute Gasteiger partial charge is 0.0668 e. The van der Waals surface area contributed by atoms with Crippen molar-refractivity contribution < 1.29 is 0 Å². The summed E-state index contributed by atoms with van der Waals surface area (Å²) in [5, 5.41) is 8.08. The summed E-state index contributed by atoms with van der Waals surface area (Å²) in [5.41, 5.74) is 1.27. The first-order valence-electron chi connectivity index (χ1n) is 6.00. The molecule has 1 unspecified atom stereocenters. The monoisotopic (exact) mass is 207 g/mol. The summed E-state index contributed by atoms with van der Waals surface area (Å²) in [4.78, 5) is 0. The Morgan fingerprint density at radius 1 is 1.60 bits per heavy atom. The Balaban J connectivity index is 1.99. The maximum absolute atomic E-state index is 4.65. The first-order valence-corrected chi connectivity index (χ1v) is 6.00. The van der Waals surface area contributed by atoms with Crippen LogP contribution in [0.25, 0.3) is 0 Å². The molecule has 0 saturated carbocycles. The number of hydrogen-bond donors (Lipinski definition) is 1. The van der Waals surface area contributed by atoms with Crippen molar-refractivity contribution in [2.24, 2.45) is 5.92 Å². The highest BCUT2D eigenvalue weighted by atomic mass is 15.3. The third-order valence-corrected chi connectivity index (χ3v) is 2.93. The van der Waals surface area contributed by atoms with Gasteiger partial charge in [0.25, 0.3) is 0 Å². The second-order valence-electron chi connectivity index (χ2n) is 4.90. The lowest BCUT2D eigenvalue weighted by Gasteiger charge is -2.20. The van der Waals surface area contributed by atoms with Crippen molar-refractivity contribution >= 4 is 0 Å². The molecule has 1 atom stereocenters. The van der Waals surface area contributed by atoms with E-state index in [1.165, 1.54) is 25.1 Å². The average Bonchev–Trinajstić information content (AvgIpc) is 2.67. The summed E-state index contributed by atoms with van der Waals surface area (Å²) in [6, 6.07) is 2.18. The van der Waals surface area contributed by atoms with E-state index in [9.17, 15) is 0 Å². The van der Waals surface area contributed by atoms with Crippen LogP contribution in [-0.2, 0) is 6.54 Å². The van der Waals surface area contributed by atoms with Crippen LogP contribution in [-0.4, -0.2) is 22.9 Å². The van der Waals surface area contributed by atoms with Crippen molar-refractivity contribution in [1.82, 2.24) is 15.1 Å². The summed E-state index contributed by atoms with van der Waals surface area (Å²) >= 11 is 0. The van der Waals surface area contributed by atoms with Crippen LogP contribution < -0.4 is 5.32 Å². The second kappa shape index (κ2) is 4.79. The number of rotatable bonds is 3. The predicted octanol–water partition coefficient (Wildman–Crippen LogP) is 2.01. The molecule has 0 amide bonds. The molecule has 2 heterocycles. The summed E-state index contributed by atoms with van der Waals surface area (Å²) < 4.78 is 2.08. The van der Waals surface area contributed by atoms with Crippen LogP contribution in [0.15, 0.2) is 12.3 Å². The number of nitrogens with zero attached hydrogens (tertiary/aromatic N) is 2. The molecule has 3 heteroatoms. The first kappa shape index (κ1) is 10.7. The largest absolute Gasteiger partial charge is 0.316 e. The van der Waals surface area contributed by atoms with Gasteiger partial charge in [0.15, 0.2) is 0 Å². The number of aromatic nitrogens is 2. The topological polar surface area (TPSA) is 29.9 Å². The maximum Gasteiger partial charge on any atom is 0.0668 e. The molecule has 84 valence electrons.